The molecule has 4 nitrogen and oxygen atoms in total. The molecule has 1 aliphatic rings. The van der Waals surface area contributed by atoms with Crippen LogP contribution in [0.25, 0.3) is 6.08 Å². The van der Waals surface area contributed by atoms with Crippen LogP contribution in [0.1, 0.15) is 5.56 Å². The zero-order valence-electron chi connectivity index (χ0n) is 9.85. The fourth-order valence-electron chi connectivity index (χ4n) is 1.69. The van der Waals surface area contributed by atoms with Crippen LogP contribution in [0.5, 0.6) is 0 Å². The van der Waals surface area contributed by atoms with Gasteiger partial charge in [-0.2, -0.15) is 0 Å². The number of benzene rings is 1. The Morgan fingerprint density at radius 3 is 2.94 bits per heavy atom. The molecule has 0 saturated heterocycles. The molecular formula is C13H13BNO3. The highest BCUT2D eigenvalue weighted by molar-refractivity contribution is 6.65. The molecule has 0 amide bonds. The average molecular weight is 242 g/mol. The number of ether oxygens (including phenoxy) is 1. The Morgan fingerprint density at radius 1 is 1.44 bits per heavy atom. The second kappa shape index (κ2) is 5.45. The molecule has 18 heavy (non-hydrogen) atoms. The Balaban J connectivity index is 1.80. The molecule has 5 heteroatoms. The zero-order valence-corrected chi connectivity index (χ0v) is 9.85. The maximum Gasteiger partial charge on any atom is 0.322 e. The van der Waals surface area contributed by atoms with Crippen molar-refractivity contribution in [3.8, 4) is 0 Å². The van der Waals surface area contributed by atoms with Gasteiger partial charge in [-0.1, -0.05) is 41.3 Å². The smallest absolute Gasteiger partial charge is 0.322 e. The van der Waals surface area contributed by atoms with E-state index in [1.54, 1.807) is 0 Å². The molecule has 2 N–H and O–H groups in total. The van der Waals surface area contributed by atoms with Gasteiger partial charge in [0.05, 0.1) is 0 Å². The number of hydrogen-bond donors (Lipinski definition) is 2. The Kier molecular flexibility index (Phi) is 3.72. The topological polar surface area (TPSA) is 58.6 Å². The van der Waals surface area contributed by atoms with Crippen LogP contribution in [-0.2, 0) is 9.53 Å². The Morgan fingerprint density at radius 2 is 2.22 bits per heavy atom. The van der Waals surface area contributed by atoms with Gasteiger partial charge in [0.1, 0.15) is 13.2 Å². The van der Waals surface area contributed by atoms with Crippen molar-refractivity contribution in [1.82, 2.24) is 5.32 Å². The summed E-state index contributed by atoms with van der Waals surface area (Å²) in [6.45, 7) is 3.78. The molecular weight excluding hydrogens is 229 g/mol. The van der Waals surface area contributed by atoms with Gasteiger partial charge in [-0.3, -0.25) is 4.79 Å². The third-order valence-corrected chi connectivity index (χ3v) is 2.53. The minimum absolute atomic E-state index is 0.193. The van der Waals surface area contributed by atoms with E-state index in [1.165, 1.54) is 11.0 Å². The summed E-state index contributed by atoms with van der Waals surface area (Å²) in [6.07, 6.45) is 2.04. The van der Waals surface area contributed by atoms with Crippen molar-refractivity contribution in [2.45, 2.75) is 0 Å². The predicted octanol–water partition coefficient (Wildman–Crippen LogP) is 0.533. The van der Waals surface area contributed by atoms with E-state index in [1.807, 2.05) is 37.6 Å². The molecule has 1 aromatic rings. The van der Waals surface area contributed by atoms with Gasteiger partial charge in [-0.25, -0.2) is 0 Å². The number of nitrogens with one attached hydrogen (secondary N) is 1. The first-order valence-electron chi connectivity index (χ1n) is 5.57. The van der Waals surface area contributed by atoms with Crippen molar-refractivity contribution in [2.24, 2.45) is 0 Å². The summed E-state index contributed by atoms with van der Waals surface area (Å²) in [4.78, 5) is 10.3. The van der Waals surface area contributed by atoms with Crippen LogP contribution in [0.15, 0.2) is 42.2 Å². The van der Waals surface area contributed by atoms with Crippen LogP contribution in [0.2, 0.25) is 0 Å². The van der Waals surface area contributed by atoms with Crippen LogP contribution in [0.4, 0.5) is 0 Å². The maximum atomic E-state index is 10.3. The highest BCUT2D eigenvalue weighted by atomic mass is 16.5. The van der Waals surface area contributed by atoms with Gasteiger partial charge < -0.3 is 15.2 Å². The highest BCUT2D eigenvalue weighted by Gasteiger charge is 2.13. The summed E-state index contributed by atoms with van der Waals surface area (Å²) in [5.41, 5.74) is 3.37. The molecule has 0 unspecified atom stereocenters. The lowest BCUT2D eigenvalue weighted by atomic mass is 9.67. The van der Waals surface area contributed by atoms with Crippen molar-refractivity contribution >= 4 is 24.8 Å². The van der Waals surface area contributed by atoms with Crippen LogP contribution in [0.3, 0.4) is 0 Å². The molecule has 91 valence electrons. The number of carbonyl (C=O) groups is 1. The van der Waals surface area contributed by atoms with Gasteiger partial charge in [0, 0.05) is 0 Å². The second-order valence-electron chi connectivity index (χ2n) is 3.95. The summed E-state index contributed by atoms with van der Waals surface area (Å²) < 4.78 is 5.34. The molecule has 0 saturated carbocycles. The second-order valence-corrected chi connectivity index (χ2v) is 3.95. The third kappa shape index (κ3) is 3.16. The van der Waals surface area contributed by atoms with Crippen LogP contribution in [0, 0.1) is 0 Å². The summed E-state index contributed by atoms with van der Waals surface area (Å²) >= 11 is 0. The lowest BCUT2D eigenvalue weighted by Crippen LogP contribution is -2.24. The molecule has 0 spiro atoms. The van der Waals surface area contributed by atoms with E-state index in [-0.39, 0.29) is 12.4 Å². The molecule has 1 heterocycles. The molecule has 1 aliphatic heterocycles. The molecule has 0 atom stereocenters. The first-order chi connectivity index (χ1) is 8.65. The minimum Gasteiger partial charge on any atom is -0.480 e. The lowest BCUT2D eigenvalue weighted by Gasteiger charge is -2.10. The fourth-order valence-corrected chi connectivity index (χ4v) is 1.69. The van der Waals surface area contributed by atoms with Gasteiger partial charge in [0.2, 0.25) is 0 Å². The quantitative estimate of drug-likeness (QED) is 0.564. The van der Waals surface area contributed by atoms with Crippen molar-refractivity contribution in [3.05, 3.63) is 47.8 Å². The van der Waals surface area contributed by atoms with E-state index in [0.717, 1.165) is 5.47 Å². The largest absolute Gasteiger partial charge is 0.480 e. The Hall–Kier alpha value is -2.17. The van der Waals surface area contributed by atoms with Gasteiger partial charge in [-0.15, -0.1) is 0 Å². The summed E-state index contributed by atoms with van der Waals surface area (Å²) in [5.74, 6) is -0.679. The van der Waals surface area contributed by atoms with Gasteiger partial charge in [-0.05, 0) is 12.1 Å². The SMILES string of the molecule is C=C(NCC(=O)O)OCC1=Cc2ccccc2[B]1. The molecule has 2 rings (SSSR count). The fraction of sp³-hybridized carbons (Fsp3) is 0.154. The minimum atomic E-state index is -0.946. The van der Waals surface area contributed by atoms with Crippen molar-refractivity contribution in [3.63, 3.8) is 0 Å². The summed E-state index contributed by atoms with van der Waals surface area (Å²) in [6, 6.07) is 8.05. The van der Waals surface area contributed by atoms with E-state index in [2.05, 4.69) is 11.9 Å². The summed E-state index contributed by atoms with van der Waals surface area (Å²) in [5, 5.41) is 11.1. The Labute approximate surface area is 106 Å². The molecule has 0 bridgehead atoms. The molecule has 0 fully saturated rings. The van der Waals surface area contributed by atoms with E-state index in [4.69, 9.17) is 9.84 Å². The molecule has 1 radical (unpaired) electrons. The predicted molar refractivity (Wildman–Crippen MR) is 70.5 cm³/mol. The number of fused-ring (bicyclic) bond motifs is 1. The molecule has 1 aromatic carbocycles. The van der Waals surface area contributed by atoms with Crippen LogP contribution < -0.4 is 10.8 Å². The maximum absolute atomic E-state index is 10.3. The summed E-state index contributed by atoms with van der Waals surface area (Å²) in [7, 11) is 2.04. The van der Waals surface area contributed by atoms with Gasteiger partial charge >= 0.3 is 5.97 Å². The van der Waals surface area contributed by atoms with Crippen LogP contribution in [-0.4, -0.2) is 31.5 Å². The first kappa shape index (κ1) is 12.3. The average Bonchev–Trinajstić information content (AvgIpc) is 2.76. The standard InChI is InChI=1S/C13H13BNO3/c1-9(15-7-13(16)17)18-8-11-6-10-4-2-3-5-12(10)14-11/h2-6,15H,1,7-8H2,(H,16,17). The number of aliphatic carboxylic acids is 1. The first-order valence-corrected chi connectivity index (χ1v) is 5.57. The molecule has 0 aromatic heterocycles. The van der Waals surface area contributed by atoms with Gasteiger partial charge in [0.25, 0.3) is 0 Å². The van der Waals surface area contributed by atoms with E-state index >= 15 is 0 Å². The van der Waals surface area contributed by atoms with Crippen molar-refractivity contribution in [2.75, 3.05) is 13.2 Å². The number of hydrogen-bond acceptors (Lipinski definition) is 3. The van der Waals surface area contributed by atoms with Crippen LogP contribution >= 0.6 is 0 Å². The Bertz CT molecular complexity index is 511. The number of rotatable bonds is 6. The van der Waals surface area contributed by atoms with E-state index < -0.39 is 5.97 Å². The normalized spacial score (nSPS) is 12.1. The zero-order chi connectivity index (χ0) is 13.0. The number of carboxylic acid groups (broad SMARTS) is 1. The monoisotopic (exact) mass is 242 g/mol. The highest BCUT2D eigenvalue weighted by Crippen LogP contribution is 2.12. The lowest BCUT2D eigenvalue weighted by molar-refractivity contribution is -0.136. The van der Waals surface area contributed by atoms with E-state index in [9.17, 15) is 4.79 Å². The van der Waals surface area contributed by atoms with Gasteiger partial charge in [0.15, 0.2) is 13.2 Å². The van der Waals surface area contributed by atoms with Crippen molar-refractivity contribution < 1.29 is 14.6 Å². The number of carboxylic acids is 1. The van der Waals surface area contributed by atoms with Crippen molar-refractivity contribution in [1.29, 1.82) is 0 Å². The third-order valence-electron chi connectivity index (χ3n) is 2.53. The van der Waals surface area contributed by atoms with E-state index in [0.29, 0.717) is 6.61 Å². The molecule has 0 aliphatic carbocycles.